The first-order chi connectivity index (χ1) is 23.4. The summed E-state index contributed by atoms with van der Waals surface area (Å²) in [5, 5.41) is 24.3. The van der Waals surface area contributed by atoms with Crippen molar-refractivity contribution in [1.82, 2.24) is 0 Å². The van der Waals surface area contributed by atoms with Crippen LogP contribution in [0.1, 0.15) is 52.6 Å². The van der Waals surface area contributed by atoms with Crippen LogP contribution in [-0.4, -0.2) is 60.1 Å². The van der Waals surface area contributed by atoms with Crippen LogP contribution in [0.5, 0.6) is 0 Å². The molecule has 0 heterocycles. The summed E-state index contributed by atoms with van der Waals surface area (Å²) in [6, 6.07) is 35.1. The molecule has 5 aromatic rings. The number of nitrogens with one attached hydrogen (secondary N) is 2. The van der Waals surface area contributed by atoms with Crippen LogP contribution in [0.15, 0.2) is 121 Å². The fourth-order valence-electron chi connectivity index (χ4n) is 4.98. The van der Waals surface area contributed by atoms with Gasteiger partial charge in [0.15, 0.2) is 11.6 Å². The smallest absolute Gasteiger partial charge is 0.340 e. The van der Waals surface area contributed by atoms with Crippen molar-refractivity contribution in [2.45, 2.75) is 0 Å². The molecule has 0 unspecified atom stereocenters. The van der Waals surface area contributed by atoms with Crippen molar-refractivity contribution in [3.8, 4) is 0 Å². The monoisotopic (exact) mass is 644 g/mol. The quantitative estimate of drug-likeness (QED) is 0.132. The van der Waals surface area contributed by atoms with E-state index in [-0.39, 0.29) is 49.1 Å². The molecule has 1 aliphatic carbocycles. The summed E-state index contributed by atoms with van der Waals surface area (Å²) in [4.78, 5) is 49.6. The van der Waals surface area contributed by atoms with Gasteiger partial charge >= 0.3 is 11.9 Å². The number of rotatable bonds is 10. The minimum absolute atomic E-state index is 0.0641. The average molecular weight is 645 g/mol. The number of anilines is 4. The Morgan fingerprint density at radius 2 is 0.812 bits per heavy atom. The first-order valence-electron chi connectivity index (χ1n) is 15.1. The second-order valence-electron chi connectivity index (χ2n) is 10.4. The van der Waals surface area contributed by atoms with Gasteiger partial charge in [0.25, 0.3) is 0 Å². The third-order valence-electron chi connectivity index (χ3n) is 7.18. The lowest BCUT2D eigenvalue weighted by molar-refractivity contribution is 0.0423. The third kappa shape index (κ3) is 7.81. The van der Waals surface area contributed by atoms with E-state index >= 15 is 0 Å². The Morgan fingerprint density at radius 1 is 0.500 bits per heavy atom. The van der Waals surface area contributed by atoms with Crippen molar-refractivity contribution < 1.29 is 38.9 Å². The van der Waals surface area contributed by atoms with Gasteiger partial charge in [-0.05, 0) is 36.4 Å². The van der Waals surface area contributed by atoms with E-state index in [1.165, 1.54) is 12.1 Å². The van der Waals surface area contributed by atoms with Gasteiger partial charge in [0.1, 0.15) is 13.2 Å². The molecule has 10 heteroatoms. The number of aliphatic hydroxyl groups is 2. The Morgan fingerprint density at radius 3 is 1.12 bits per heavy atom. The number of fused-ring (bicyclic) bond motifs is 2. The van der Waals surface area contributed by atoms with Crippen LogP contribution in [0.4, 0.5) is 22.7 Å². The number of aliphatic hydroxyl groups excluding tert-OH is 2. The van der Waals surface area contributed by atoms with E-state index < -0.39 is 11.9 Å². The molecule has 0 saturated carbocycles. The molecule has 1 aliphatic rings. The Labute approximate surface area is 276 Å². The third-order valence-corrected chi connectivity index (χ3v) is 7.18. The van der Waals surface area contributed by atoms with Crippen LogP contribution in [-0.2, 0) is 9.47 Å². The minimum Gasteiger partial charge on any atom is -0.460 e. The Kier molecular flexibility index (Phi) is 11.1. The number of hydrogen-bond donors (Lipinski definition) is 4. The average Bonchev–Trinajstić information content (AvgIpc) is 3.13. The molecule has 6 rings (SSSR count). The second-order valence-corrected chi connectivity index (χ2v) is 10.4. The van der Waals surface area contributed by atoms with Crippen molar-refractivity contribution in [1.29, 1.82) is 0 Å². The summed E-state index contributed by atoms with van der Waals surface area (Å²) in [7, 11) is 0. The molecule has 0 amide bonds. The van der Waals surface area contributed by atoms with Crippen LogP contribution in [0.2, 0.25) is 0 Å². The zero-order chi connectivity index (χ0) is 33.9. The molecule has 242 valence electrons. The van der Waals surface area contributed by atoms with E-state index in [0.717, 1.165) is 0 Å². The normalized spacial score (nSPS) is 11.3. The van der Waals surface area contributed by atoms with Gasteiger partial charge in [0.05, 0.1) is 35.7 Å². The van der Waals surface area contributed by atoms with Crippen LogP contribution in [0, 0.1) is 0 Å². The SMILES string of the molecule is O=C(OCCO)c1cc(Nc2ccccc2)c(C(=O)OCCO)cc1Nc1ccccc1.O=C1c2ccccc2C(=O)c2ccccc21. The fourth-order valence-corrected chi connectivity index (χ4v) is 4.98. The van der Waals surface area contributed by atoms with Gasteiger partial charge in [0.2, 0.25) is 0 Å². The molecule has 48 heavy (non-hydrogen) atoms. The minimum atomic E-state index is -0.663. The zero-order valence-corrected chi connectivity index (χ0v) is 25.7. The van der Waals surface area contributed by atoms with E-state index in [0.29, 0.717) is 45.0 Å². The fraction of sp³-hybridized carbons (Fsp3) is 0.105. The number of hydrogen-bond acceptors (Lipinski definition) is 10. The molecule has 0 aromatic heterocycles. The van der Waals surface area contributed by atoms with Crippen molar-refractivity contribution in [2.75, 3.05) is 37.1 Å². The van der Waals surface area contributed by atoms with Gasteiger partial charge in [-0.1, -0.05) is 84.9 Å². The first kappa shape index (κ1) is 33.3. The summed E-state index contributed by atoms with van der Waals surface area (Å²) in [5.74, 6) is -1.45. The Hall–Kier alpha value is -6.10. The van der Waals surface area contributed by atoms with Gasteiger partial charge < -0.3 is 30.3 Å². The second kappa shape index (κ2) is 15.9. The van der Waals surface area contributed by atoms with Crippen LogP contribution < -0.4 is 10.6 Å². The largest absolute Gasteiger partial charge is 0.460 e. The summed E-state index contributed by atoms with van der Waals surface area (Å²) >= 11 is 0. The molecule has 0 atom stereocenters. The molecule has 10 nitrogen and oxygen atoms in total. The van der Waals surface area contributed by atoms with E-state index in [1.807, 2.05) is 60.7 Å². The summed E-state index contributed by atoms with van der Waals surface area (Å²) < 4.78 is 10.2. The predicted molar refractivity (Wildman–Crippen MR) is 180 cm³/mol. The van der Waals surface area contributed by atoms with Crippen LogP contribution >= 0.6 is 0 Å². The highest BCUT2D eigenvalue weighted by molar-refractivity contribution is 6.28. The predicted octanol–water partition coefficient (Wildman–Crippen LogP) is 5.93. The highest BCUT2D eigenvalue weighted by Gasteiger charge is 2.28. The molecular weight excluding hydrogens is 612 g/mol. The molecule has 0 spiro atoms. The van der Waals surface area contributed by atoms with Crippen LogP contribution in [0.25, 0.3) is 0 Å². The molecule has 4 N–H and O–H groups in total. The van der Waals surface area contributed by atoms with Gasteiger partial charge in [0, 0.05) is 33.6 Å². The van der Waals surface area contributed by atoms with E-state index in [9.17, 15) is 19.2 Å². The molecule has 0 radical (unpaired) electrons. The van der Waals surface area contributed by atoms with Crippen molar-refractivity contribution in [2.24, 2.45) is 0 Å². The maximum Gasteiger partial charge on any atom is 0.340 e. The maximum atomic E-state index is 12.7. The van der Waals surface area contributed by atoms with E-state index in [1.54, 1.807) is 48.5 Å². The number of benzene rings is 5. The summed E-state index contributed by atoms with van der Waals surface area (Å²) in [6.45, 7) is -0.946. The highest BCUT2D eigenvalue weighted by atomic mass is 16.5. The van der Waals surface area contributed by atoms with E-state index in [2.05, 4.69) is 10.6 Å². The standard InChI is InChI=1S/C24H24N2O6.C14H8O2/c27-11-13-31-23(29)19-16-22(26-18-9-5-2-6-10-18)20(24(30)32-14-12-28)15-21(19)25-17-7-3-1-4-8-17;15-13-9-5-1-2-6-10(9)14(16)12-8-4-3-7-11(12)13/h1-10,15-16,25-28H,11-14H2;1-8H. The molecule has 0 fully saturated rings. The van der Waals surface area contributed by atoms with Crippen molar-refractivity contribution in [3.63, 3.8) is 0 Å². The Balaban J connectivity index is 0.000000233. The molecule has 5 aromatic carbocycles. The molecular formula is C38H32N2O8. The number of ether oxygens (including phenoxy) is 2. The van der Waals surface area contributed by atoms with Gasteiger partial charge in [-0.3, -0.25) is 9.59 Å². The molecule has 0 bridgehead atoms. The van der Waals surface area contributed by atoms with Gasteiger partial charge in [-0.2, -0.15) is 0 Å². The first-order valence-corrected chi connectivity index (χ1v) is 15.1. The lowest BCUT2D eigenvalue weighted by atomic mass is 9.84. The van der Waals surface area contributed by atoms with Gasteiger partial charge in [-0.15, -0.1) is 0 Å². The van der Waals surface area contributed by atoms with Crippen molar-refractivity contribution in [3.05, 3.63) is 155 Å². The summed E-state index contributed by atoms with van der Waals surface area (Å²) in [5.41, 5.74) is 4.40. The van der Waals surface area contributed by atoms with Gasteiger partial charge in [-0.25, -0.2) is 9.59 Å². The number of para-hydroxylation sites is 2. The highest BCUT2D eigenvalue weighted by Crippen LogP contribution is 2.32. The number of carbonyl (C=O) groups excluding carboxylic acids is 4. The zero-order valence-electron chi connectivity index (χ0n) is 25.7. The Bertz CT molecular complexity index is 1740. The molecule has 0 aliphatic heterocycles. The topological polar surface area (TPSA) is 151 Å². The summed E-state index contributed by atoms with van der Waals surface area (Å²) in [6.07, 6.45) is 0. The number of ketones is 2. The van der Waals surface area contributed by atoms with Crippen LogP contribution in [0.3, 0.4) is 0 Å². The van der Waals surface area contributed by atoms with E-state index in [4.69, 9.17) is 19.7 Å². The lowest BCUT2D eigenvalue weighted by Gasteiger charge is -2.18. The number of carbonyl (C=O) groups is 4. The molecule has 0 saturated heterocycles. The maximum absolute atomic E-state index is 12.7. The number of esters is 2. The van der Waals surface area contributed by atoms with Crippen molar-refractivity contribution >= 4 is 46.3 Å². The lowest BCUT2D eigenvalue weighted by Crippen LogP contribution is -2.20.